The fourth-order valence-electron chi connectivity index (χ4n) is 2.86. The molecule has 1 aliphatic rings. The Labute approximate surface area is 160 Å². The van der Waals surface area contributed by atoms with Crippen LogP contribution < -0.4 is 4.74 Å². The average molecular weight is 377 g/mol. The van der Waals surface area contributed by atoms with Gasteiger partial charge in [0.1, 0.15) is 23.2 Å². The van der Waals surface area contributed by atoms with Gasteiger partial charge in [0.2, 0.25) is 0 Å². The molecule has 0 saturated carbocycles. The third-order valence-corrected chi connectivity index (χ3v) is 4.19. The summed E-state index contributed by atoms with van der Waals surface area (Å²) in [5.74, 6) is -0.136. The van der Waals surface area contributed by atoms with Gasteiger partial charge in [-0.25, -0.2) is 9.18 Å². The van der Waals surface area contributed by atoms with Gasteiger partial charge in [-0.2, -0.15) is 5.26 Å². The van der Waals surface area contributed by atoms with Gasteiger partial charge < -0.3 is 19.3 Å². The first-order valence-corrected chi connectivity index (χ1v) is 9.31. The summed E-state index contributed by atoms with van der Waals surface area (Å²) in [5, 5.41) is 8.73. The number of amides is 1. The third kappa shape index (κ3) is 7.06. The molecule has 0 N–H and O–H groups in total. The minimum atomic E-state index is -0.565. The molecular formula is C20H28FN3O3. The zero-order valence-corrected chi connectivity index (χ0v) is 16.3. The molecule has 0 spiro atoms. The predicted octanol–water partition coefficient (Wildman–Crippen LogP) is 3.41. The highest BCUT2D eigenvalue weighted by molar-refractivity contribution is 5.68. The quantitative estimate of drug-likeness (QED) is 0.736. The van der Waals surface area contributed by atoms with E-state index in [4.69, 9.17) is 14.7 Å². The van der Waals surface area contributed by atoms with E-state index in [1.54, 1.807) is 17.0 Å². The van der Waals surface area contributed by atoms with Crippen molar-refractivity contribution >= 4 is 6.09 Å². The molecule has 1 aromatic carbocycles. The normalized spacial score (nSPS) is 15.7. The van der Waals surface area contributed by atoms with E-state index >= 15 is 0 Å². The Kier molecular flexibility index (Phi) is 7.43. The zero-order chi connectivity index (χ0) is 19.9. The van der Waals surface area contributed by atoms with Crippen LogP contribution in [0.4, 0.5) is 9.18 Å². The zero-order valence-electron chi connectivity index (χ0n) is 16.3. The summed E-state index contributed by atoms with van der Waals surface area (Å²) in [7, 11) is 0. The summed E-state index contributed by atoms with van der Waals surface area (Å²) in [6.45, 7) is 10.00. The number of carbonyl (C=O) groups excluding carboxylic acids is 1. The third-order valence-electron chi connectivity index (χ3n) is 4.19. The van der Waals surface area contributed by atoms with E-state index in [0.29, 0.717) is 25.4 Å². The Bertz CT molecular complexity index is 682. The second-order valence-electron chi connectivity index (χ2n) is 7.62. The molecule has 1 heterocycles. The predicted molar refractivity (Wildman–Crippen MR) is 100 cm³/mol. The lowest BCUT2D eigenvalue weighted by Gasteiger charge is -2.26. The van der Waals surface area contributed by atoms with Gasteiger partial charge in [-0.05, 0) is 52.3 Å². The summed E-state index contributed by atoms with van der Waals surface area (Å²) < 4.78 is 24.5. The van der Waals surface area contributed by atoms with Crippen LogP contribution in [-0.4, -0.2) is 60.8 Å². The number of rotatable bonds is 5. The summed E-state index contributed by atoms with van der Waals surface area (Å²) in [4.78, 5) is 16.2. The van der Waals surface area contributed by atoms with Crippen LogP contribution in [0, 0.1) is 17.1 Å². The molecule has 1 saturated heterocycles. The van der Waals surface area contributed by atoms with Crippen molar-refractivity contribution in [3.05, 3.63) is 29.6 Å². The van der Waals surface area contributed by atoms with Gasteiger partial charge in [-0.15, -0.1) is 0 Å². The molecule has 0 aliphatic carbocycles. The van der Waals surface area contributed by atoms with E-state index in [1.807, 2.05) is 20.8 Å². The van der Waals surface area contributed by atoms with Crippen LogP contribution in [0.2, 0.25) is 0 Å². The van der Waals surface area contributed by atoms with Gasteiger partial charge in [-0.1, -0.05) is 0 Å². The Morgan fingerprint density at radius 1 is 1.26 bits per heavy atom. The summed E-state index contributed by atoms with van der Waals surface area (Å²) in [6.07, 6.45) is 1.45. The van der Waals surface area contributed by atoms with Crippen LogP contribution in [0.15, 0.2) is 18.2 Å². The molecule has 7 heteroatoms. The van der Waals surface area contributed by atoms with E-state index in [2.05, 4.69) is 4.90 Å². The molecule has 0 radical (unpaired) electrons. The first kappa shape index (κ1) is 21.0. The highest BCUT2D eigenvalue weighted by Crippen LogP contribution is 2.16. The Morgan fingerprint density at radius 3 is 2.70 bits per heavy atom. The highest BCUT2D eigenvalue weighted by atomic mass is 19.1. The van der Waals surface area contributed by atoms with Gasteiger partial charge in [0.25, 0.3) is 0 Å². The van der Waals surface area contributed by atoms with E-state index in [0.717, 1.165) is 32.5 Å². The number of ether oxygens (including phenoxy) is 2. The average Bonchev–Trinajstić information content (AvgIpc) is 2.83. The van der Waals surface area contributed by atoms with Gasteiger partial charge in [0.15, 0.2) is 0 Å². The number of halogens is 1. The van der Waals surface area contributed by atoms with Crippen molar-refractivity contribution < 1.29 is 18.7 Å². The molecule has 6 nitrogen and oxygen atoms in total. The molecule has 1 amide bonds. The van der Waals surface area contributed by atoms with Crippen LogP contribution in [0.5, 0.6) is 5.75 Å². The van der Waals surface area contributed by atoms with Crippen LogP contribution in [0.25, 0.3) is 0 Å². The highest BCUT2D eigenvalue weighted by Gasteiger charge is 2.24. The maximum Gasteiger partial charge on any atom is 0.410 e. The van der Waals surface area contributed by atoms with Crippen LogP contribution in [0.3, 0.4) is 0 Å². The molecule has 1 aromatic rings. The van der Waals surface area contributed by atoms with Crippen molar-refractivity contribution in [2.45, 2.75) is 39.2 Å². The Morgan fingerprint density at radius 2 is 2.04 bits per heavy atom. The second kappa shape index (κ2) is 9.56. The maximum absolute atomic E-state index is 13.5. The van der Waals surface area contributed by atoms with Crippen LogP contribution in [-0.2, 0) is 4.74 Å². The van der Waals surface area contributed by atoms with Crippen molar-refractivity contribution in [2.24, 2.45) is 0 Å². The number of carbonyl (C=O) groups is 1. The van der Waals surface area contributed by atoms with Crippen molar-refractivity contribution in [3.63, 3.8) is 0 Å². The van der Waals surface area contributed by atoms with Gasteiger partial charge >= 0.3 is 6.09 Å². The molecule has 1 fully saturated rings. The topological polar surface area (TPSA) is 65.8 Å². The summed E-state index contributed by atoms with van der Waals surface area (Å²) in [5.41, 5.74) is -0.466. The number of benzene rings is 1. The van der Waals surface area contributed by atoms with Crippen molar-refractivity contribution in [2.75, 3.05) is 39.3 Å². The monoisotopic (exact) mass is 377 g/mol. The van der Waals surface area contributed by atoms with E-state index < -0.39 is 11.4 Å². The first-order chi connectivity index (χ1) is 12.8. The first-order valence-electron chi connectivity index (χ1n) is 9.31. The molecule has 0 aromatic heterocycles. The van der Waals surface area contributed by atoms with Gasteiger partial charge in [-0.3, -0.25) is 0 Å². The molecule has 0 bridgehead atoms. The molecule has 148 valence electrons. The lowest BCUT2D eigenvalue weighted by molar-refractivity contribution is 0.0257. The fourth-order valence-corrected chi connectivity index (χ4v) is 2.86. The largest absolute Gasteiger partial charge is 0.493 e. The minimum absolute atomic E-state index is 0.0152. The summed E-state index contributed by atoms with van der Waals surface area (Å²) in [6, 6.07) is 6.05. The lowest BCUT2D eigenvalue weighted by Crippen LogP contribution is -2.39. The number of nitrogens with zero attached hydrogens (tertiary/aromatic N) is 3. The maximum atomic E-state index is 13.5. The SMILES string of the molecule is CC(C)(C)OC(=O)N1CCCN(CCCOc2ccc(C#N)c(F)c2)CC1. The van der Waals surface area contributed by atoms with Crippen molar-refractivity contribution in [1.82, 2.24) is 9.80 Å². The molecule has 27 heavy (non-hydrogen) atoms. The smallest absolute Gasteiger partial charge is 0.410 e. The Balaban J connectivity index is 1.70. The minimum Gasteiger partial charge on any atom is -0.493 e. The van der Waals surface area contributed by atoms with E-state index in [9.17, 15) is 9.18 Å². The number of hydrogen-bond donors (Lipinski definition) is 0. The molecule has 0 unspecified atom stereocenters. The fraction of sp³-hybridized carbons (Fsp3) is 0.600. The molecule has 0 atom stereocenters. The van der Waals surface area contributed by atoms with Crippen LogP contribution >= 0.6 is 0 Å². The van der Waals surface area contributed by atoms with Gasteiger partial charge in [0, 0.05) is 32.2 Å². The Hall–Kier alpha value is -2.33. The van der Waals surface area contributed by atoms with Gasteiger partial charge in [0.05, 0.1) is 12.2 Å². The number of hydrogen-bond acceptors (Lipinski definition) is 5. The van der Waals surface area contributed by atoms with E-state index in [-0.39, 0.29) is 11.7 Å². The standard InChI is InChI=1S/C20H28FN3O3/c1-20(2,3)27-19(25)24-10-4-8-23(11-12-24)9-5-13-26-17-7-6-16(15-22)18(21)14-17/h6-7,14H,4-5,8-13H2,1-3H3. The summed E-state index contributed by atoms with van der Waals surface area (Å²) >= 11 is 0. The van der Waals surface area contributed by atoms with Crippen molar-refractivity contribution in [1.29, 1.82) is 5.26 Å². The van der Waals surface area contributed by atoms with E-state index in [1.165, 1.54) is 12.1 Å². The van der Waals surface area contributed by atoms with Crippen molar-refractivity contribution in [3.8, 4) is 11.8 Å². The number of nitriles is 1. The second-order valence-corrected chi connectivity index (χ2v) is 7.62. The molecular weight excluding hydrogens is 349 g/mol. The molecule has 2 rings (SSSR count). The molecule has 1 aliphatic heterocycles. The lowest BCUT2D eigenvalue weighted by atomic mass is 10.2. The van der Waals surface area contributed by atoms with Crippen LogP contribution in [0.1, 0.15) is 39.2 Å².